The minimum Gasteiger partial charge on any atom is -0.244 e. The lowest BCUT2D eigenvalue weighted by Gasteiger charge is -1.97. The number of hydrogen-bond donors (Lipinski definition) is 0. The third-order valence-electron chi connectivity index (χ3n) is 1.39. The van der Waals surface area contributed by atoms with Gasteiger partial charge in [-0.1, -0.05) is 40.5 Å². The summed E-state index contributed by atoms with van der Waals surface area (Å²) in [5.41, 5.74) is 1.06. The maximum absolute atomic E-state index is 5.65. The first-order chi connectivity index (χ1) is 5.74. The lowest BCUT2D eigenvalue weighted by Crippen LogP contribution is -1.79. The maximum atomic E-state index is 5.65. The van der Waals surface area contributed by atoms with Crippen molar-refractivity contribution in [3.8, 4) is 0 Å². The van der Waals surface area contributed by atoms with Crippen molar-refractivity contribution in [2.75, 3.05) is 0 Å². The third kappa shape index (κ3) is 2.61. The molecule has 1 aromatic rings. The van der Waals surface area contributed by atoms with Crippen molar-refractivity contribution in [3.05, 3.63) is 35.1 Å². The molecule has 0 N–H and O–H groups in total. The van der Waals surface area contributed by atoms with E-state index in [1.807, 2.05) is 6.07 Å². The number of nitrogens with zero attached hydrogens (tertiary/aromatic N) is 1. The van der Waals surface area contributed by atoms with E-state index in [1.54, 1.807) is 12.3 Å². The fourth-order valence-corrected chi connectivity index (χ4v) is 1.48. The number of halogens is 2. The molecular formula is C9H9BrClN. The van der Waals surface area contributed by atoms with Gasteiger partial charge in [0.05, 0.1) is 0 Å². The molecule has 0 aliphatic rings. The van der Waals surface area contributed by atoms with Gasteiger partial charge in [0, 0.05) is 16.2 Å². The molecule has 0 aromatic carbocycles. The first-order valence-electron chi connectivity index (χ1n) is 3.71. The summed E-state index contributed by atoms with van der Waals surface area (Å²) in [4.78, 5) is 3.98. The summed E-state index contributed by atoms with van der Waals surface area (Å²) in [6, 6.07) is 3.72. The van der Waals surface area contributed by atoms with Crippen molar-refractivity contribution in [3.63, 3.8) is 0 Å². The van der Waals surface area contributed by atoms with Crippen LogP contribution in [0.25, 0.3) is 4.48 Å². The van der Waals surface area contributed by atoms with E-state index in [0.29, 0.717) is 5.15 Å². The molecular weight excluding hydrogens is 237 g/mol. The van der Waals surface area contributed by atoms with Crippen LogP contribution in [-0.2, 0) is 0 Å². The summed E-state index contributed by atoms with van der Waals surface area (Å²) >= 11 is 9.10. The van der Waals surface area contributed by atoms with E-state index in [1.165, 1.54) is 0 Å². The van der Waals surface area contributed by atoms with Crippen molar-refractivity contribution in [1.29, 1.82) is 0 Å². The van der Waals surface area contributed by atoms with Crippen molar-refractivity contribution in [1.82, 2.24) is 4.98 Å². The van der Waals surface area contributed by atoms with Gasteiger partial charge in [0.25, 0.3) is 0 Å². The Hall–Kier alpha value is -0.340. The number of pyridine rings is 1. The van der Waals surface area contributed by atoms with Gasteiger partial charge in [0.1, 0.15) is 5.15 Å². The summed E-state index contributed by atoms with van der Waals surface area (Å²) in [5, 5.41) is 0.524. The molecule has 0 radical (unpaired) electrons. The Morgan fingerprint density at radius 3 is 2.92 bits per heavy atom. The Balaban J connectivity index is 2.89. The molecule has 0 bridgehead atoms. The van der Waals surface area contributed by atoms with Gasteiger partial charge in [-0.3, -0.25) is 0 Å². The van der Waals surface area contributed by atoms with Gasteiger partial charge in [0.2, 0.25) is 0 Å². The zero-order valence-electron chi connectivity index (χ0n) is 6.72. The van der Waals surface area contributed by atoms with Crippen molar-refractivity contribution in [2.45, 2.75) is 13.3 Å². The number of aromatic nitrogens is 1. The molecule has 0 aliphatic carbocycles. The summed E-state index contributed by atoms with van der Waals surface area (Å²) < 4.78 is 1.06. The number of hydrogen-bond acceptors (Lipinski definition) is 1. The van der Waals surface area contributed by atoms with Crippen molar-refractivity contribution in [2.24, 2.45) is 0 Å². The molecule has 1 nitrogen and oxygen atoms in total. The lowest BCUT2D eigenvalue weighted by molar-refractivity contribution is 1.23. The van der Waals surface area contributed by atoms with Crippen LogP contribution in [0.3, 0.4) is 0 Å². The van der Waals surface area contributed by atoms with Crippen LogP contribution in [0, 0.1) is 0 Å². The van der Waals surface area contributed by atoms with E-state index in [4.69, 9.17) is 11.6 Å². The van der Waals surface area contributed by atoms with E-state index >= 15 is 0 Å². The molecule has 64 valence electrons. The molecule has 0 spiro atoms. The highest BCUT2D eigenvalue weighted by Crippen LogP contribution is 2.21. The average Bonchev–Trinajstić information content (AvgIpc) is 2.06. The van der Waals surface area contributed by atoms with Crippen LogP contribution in [0.2, 0.25) is 5.15 Å². The lowest BCUT2D eigenvalue weighted by atomic mass is 10.2. The van der Waals surface area contributed by atoms with Gasteiger partial charge in [-0.05, 0) is 18.6 Å². The summed E-state index contributed by atoms with van der Waals surface area (Å²) in [7, 11) is 0. The van der Waals surface area contributed by atoms with Gasteiger partial charge in [-0.15, -0.1) is 0 Å². The van der Waals surface area contributed by atoms with Crippen molar-refractivity contribution >= 4 is 32.0 Å². The van der Waals surface area contributed by atoms with Gasteiger partial charge < -0.3 is 0 Å². The Morgan fingerprint density at radius 1 is 1.67 bits per heavy atom. The maximum Gasteiger partial charge on any atom is 0.129 e. The highest BCUT2D eigenvalue weighted by atomic mass is 79.9. The third-order valence-corrected chi connectivity index (χ3v) is 2.39. The van der Waals surface area contributed by atoms with Crippen LogP contribution >= 0.6 is 27.5 Å². The Kier molecular flexibility index (Phi) is 3.76. The smallest absolute Gasteiger partial charge is 0.129 e. The molecule has 0 saturated heterocycles. The zero-order valence-corrected chi connectivity index (χ0v) is 9.06. The average molecular weight is 247 g/mol. The first kappa shape index (κ1) is 9.75. The molecule has 3 heteroatoms. The van der Waals surface area contributed by atoms with Crippen LogP contribution in [0.15, 0.2) is 24.4 Å². The highest BCUT2D eigenvalue weighted by molar-refractivity contribution is 9.15. The highest BCUT2D eigenvalue weighted by Gasteiger charge is 1.96. The fraction of sp³-hybridized carbons (Fsp3) is 0.222. The van der Waals surface area contributed by atoms with E-state index in [0.717, 1.165) is 16.5 Å². The molecule has 0 atom stereocenters. The molecule has 1 heterocycles. The molecule has 1 rings (SSSR count). The molecule has 0 aliphatic heterocycles. The second kappa shape index (κ2) is 4.63. The fourth-order valence-electron chi connectivity index (χ4n) is 0.814. The quantitative estimate of drug-likeness (QED) is 0.722. The Bertz CT molecular complexity index is 279. The monoisotopic (exact) mass is 245 g/mol. The molecule has 0 fully saturated rings. The topological polar surface area (TPSA) is 12.9 Å². The number of allylic oxidation sites excluding steroid dienone is 1. The predicted octanol–water partition coefficient (Wildman–Crippen LogP) is 3.88. The van der Waals surface area contributed by atoms with Gasteiger partial charge in [-0.25, -0.2) is 4.98 Å². The van der Waals surface area contributed by atoms with Crippen LogP contribution < -0.4 is 0 Å². The minimum atomic E-state index is 0.524. The minimum absolute atomic E-state index is 0.524. The van der Waals surface area contributed by atoms with Crippen LogP contribution in [0.4, 0.5) is 0 Å². The molecule has 0 saturated carbocycles. The molecule has 0 unspecified atom stereocenters. The predicted molar refractivity (Wildman–Crippen MR) is 56.4 cm³/mol. The Labute approximate surface area is 85.6 Å². The summed E-state index contributed by atoms with van der Waals surface area (Å²) in [6.45, 7) is 2.09. The summed E-state index contributed by atoms with van der Waals surface area (Å²) in [6.07, 6.45) is 4.84. The van der Waals surface area contributed by atoms with Crippen molar-refractivity contribution < 1.29 is 0 Å². The van der Waals surface area contributed by atoms with Crippen LogP contribution in [-0.4, -0.2) is 4.98 Å². The van der Waals surface area contributed by atoms with E-state index in [9.17, 15) is 0 Å². The summed E-state index contributed by atoms with van der Waals surface area (Å²) in [5.74, 6) is 0. The molecule has 0 amide bonds. The van der Waals surface area contributed by atoms with E-state index in [-0.39, 0.29) is 0 Å². The normalized spacial score (nSPS) is 11.8. The Morgan fingerprint density at radius 2 is 2.42 bits per heavy atom. The molecule has 1 aromatic heterocycles. The van der Waals surface area contributed by atoms with E-state index in [2.05, 4.69) is 33.9 Å². The van der Waals surface area contributed by atoms with E-state index < -0.39 is 0 Å². The van der Waals surface area contributed by atoms with Gasteiger partial charge in [0.15, 0.2) is 0 Å². The number of rotatable bonds is 2. The SMILES string of the molecule is CC/C=C(/Br)c1ccc(Cl)nc1. The standard InChI is InChI=1S/C9H9BrClN/c1-2-3-8(10)7-4-5-9(11)12-6-7/h3-6H,2H2,1H3/b8-3+. The van der Waals surface area contributed by atoms with Crippen LogP contribution in [0.1, 0.15) is 18.9 Å². The van der Waals surface area contributed by atoms with Gasteiger partial charge >= 0.3 is 0 Å². The first-order valence-corrected chi connectivity index (χ1v) is 4.88. The van der Waals surface area contributed by atoms with Crippen LogP contribution in [0.5, 0.6) is 0 Å². The second-order valence-electron chi connectivity index (χ2n) is 2.33. The zero-order chi connectivity index (χ0) is 8.97. The second-order valence-corrected chi connectivity index (χ2v) is 3.57. The largest absolute Gasteiger partial charge is 0.244 e. The molecule has 12 heavy (non-hydrogen) atoms. The van der Waals surface area contributed by atoms with Gasteiger partial charge in [-0.2, -0.15) is 0 Å².